The summed E-state index contributed by atoms with van der Waals surface area (Å²) in [4.78, 5) is 11.8. The number of hydrogen-bond acceptors (Lipinski definition) is 2. The summed E-state index contributed by atoms with van der Waals surface area (Å²) in [5, 5.41) is 12.1. The molecule has 0 fully saturated rings. The maximum Gasteiger partial charge on any atom is 0.224 e. The molecule has 0 unspecified atom stereocenters. The number of hydrogen-bond donors (Lipinski definition) is 2. The molecule has 4 heteroatoms. The topological polar surface area (TPSA) is 49.3 Å². The van der Waals surface area contributed by atoms with E-state index in [1.165, 1.54) is 0 Å². The lowest BCUT2D eigenvalue weighted by Crippen LogP contribution is -2.12. The van der Waals surface area contributed by atoms with Gasteiger partial charge in [-0.15, -0.1) is 0 Å². The summed E-state index contributed by atoms with van der Waals surface area (Å²) in [5.41, 5.74) is 1.25. The zero-order valence-electron chi connectivity index (χ0n) is 11.0. The molecule has 19 heavy (non-hydrogen) atoms. The van der Waals surface area contributed by atoms with Crippen molar-refractivity contribution >= 4 is 23.2 Å². The first-order chi connectivity index (χ1) is 9.17. The van der Waals surface area contributed by atoms with Gasteiger partial charge in [0.2, 0.25) is 5.91 Å². The van der Waals surface area contributed by atoms with Gasteiger partial charge in [0, 0.05) is 17.0 Å². The highest BCUT2D eigenvalue weighted by atomic mass is 35.5. The first-order valence-electron chi connectivity index (χ1n) is 6.36. The Bertz CT molecular complexity index is 489. The highest BCUT2D eigenvalue weighted by Crippen LogP contribution is 2.20. The minimum absolute atomic E-state index is 0.0252. The lowest BCUT2D eigenvalue weighted by atomic mass is 10.1. The van der Waals surface area contributed by atoms with Crippen LogP contribution in [0.3, 0.4) is 0 Å². The number of carbonyl (C=O) groups excluding carboxylic acids is 1. The van der Waals surface area contributed by atoms with Crippen LogP contribution in [0.15, 0.2) is 18.2 Å². The van der Waals surface area contributed by atoms with E-state index in [1.54, 1.807) is 18.2 Å². The van der Waals surface area contributed by atoms with Gasteiger partial charge in [-0.2, -0.15) is 0 Å². The fourth-order valence-electron chi connectivity index (χ4n) is 1.61. The smallest absolute Gasteiger partial charge is 0.224 e. The second-order valence-electron chi connectivity index (χ2n) is 4.16. The summed E-state index contributed by atoms with van der Waals surface area (Å²) in [6.45, 7) is 1.87. The summed E-state index contributed by atoms with van der Waals surface area (Å²) in [6, 6.07) is 5.10. The molecule has 1 aromatic rings. The highest BCUT2D eigenvalue weighted by Gasteiger charge is 2.06. The van der Waals surface area contributed by atoms with E-state index in [9.17, 15) is 4.79 Å². The van der Waals surface area contributed by atoms with Gasteiger partial charge in [-0.25, -0.2) is 0 Å². The zero-order valence-corrected chi connectivity index (χ0v) is 11.8. The molecule has 0 aliphatic rings. The van der Waals surface area contributed by atoms with Crippen LogP contribution in [0.25, 0.3) is 0 Å². The molecule has 1 aromatic carbocycles. The third-order valence-electron chi connectivity index (χ3n) is 2.57. The van der Waals surface area contributed by atoms with E-state index in [1.807, 2.05) is 0 Å². The number of carbonyl (C=O) groups is 1. The standard InChI is InChI=1S/C15H18ClNO2/c1-2-3-4-7-15(19)17-14-9-8-13(16)11-12(14)6-5-10-18/h8-9,11,18H,2-4,7,10H2,1H3,(H,17,19). The predicted octanol–water partition coefficient (Wildman–Crippen LogP) is 3.20. The van der Waals surface area contributed by atoms with Gasteiger partial charge >= 0.3 is 0 Å². The van der Waals surface area contributed by atoms with E-state index >= 15 is 0 Å². The molecule has 0 spiro atoms. The van der Waals surface area contributed by atoms with E-state index in [2.05, 4.69) is 24.1 Å². The summed E-state index contributed by atoms with van der Waals surface area (Å²) < 4.78 is 0. The summed E-state index contributed by atoms with van der Waals surface area (Å²) in [5.74, 6) is 5.31. The molecule has 0 bridgehead atoms. The number of aliphatic hydroxyl groups excluding tert-OH is 1. The van der Waals surface area contributed by atoms with E-state index in [0.717, 1.165) is 19.3 Å². The number of aliphatic hydroxyl groups is 1. The summed E-state index contributed by atoms with van der Waals surface area (Å²) in [6.07, 6.45) is 3.52. The van der Waals surface area contributed by atoms with Crippen molar-refractivity contribution in [2.24, 2.45) is 0 Å². The Balaban J connectivity index is 2.74. The Morgan fingerprint density at radius 1 is 1.42 bits per heavy atom. The third kappa shape index (κ3) is 5.78. The van der Waals surface area contributed by atoms with Gasteiger partial charge in [0.15, 0.2) is 0 Å². The van der Waals surface area contributed by atoms with Gasteiger partial charge in [-0.05, 0) is 24.6 Å². The number of amides is 1. The summed E-state index contributed by atoms with van der Waals surface area (Å²) in [7, 11) is 0. The SMILES string of the molecule is CCCCCC(=O)Nc1ccc(Cl)cc1C#CCO. The van der Waals surface area contributed by atoms with Crippen molar-refractivity contribution < 1.29 is 9.90 Å². The maximum atomic E-state index is 11.8. The van der Waals surface area contributed by atoms with E-state index < -0.39 is 0 Å². The average molecular weight is 280 g/mol. The van der Waals surface area contributed by atoms with Crippen molar-refractivity contribution in [2.45, 2.75) is 32.6 Å². The van der Waals surface area contributed by atoms with Crippen LogP contribution >= 0.6 is 11.6 Å². The Hall–Kier alpha value is -1.50. The first-order valence-corrected chi connectivity index (χ1v) is 6.74. The second-order valence-corrected chi connectivity index (χ2v) is 4.59. The molecule has 0 aliphatic heterocycles. The fraction of sp³-hybridized carbons (Fsp3) is 0.400. The van der Waals surface area contributed by atoms with Crippen molar-refractivity contribution in [2.75, 3.05) is 11.9 Å². The predicted molar refractivity (Wildman–Crippen MR) is 78.2 cm³/mol. The highest BCUT2D eigenvalue weighted by molar-refractivity contribution is 6.30. The molecule has 0 heterocycles. The molecule has 3 nitrogen and oxygen atoms in total. The van der Waals surface area contributed by atoms with E-state index in [0.29, 0.717) is 22.7 Å². The molecule has 2 N–H and O–H groups in total. The number of halogens is 1. The zero-order chi connectivity index (χ0) is 14.1. The Labute approximate surface area is 119 Å². The number of nitrogens with one attached hydrogen (secondary N) is 1. The van der Waals surface area contributed by atoms with E-state index in [-0.39, 0.29) is 12.5 Å². The second kappa shape index (κ2) is 8.58. The lowest BCUT2D eigenvalue weighted by Gasteiger charge is -2.07. The average Bonchev–Trinajstić information content (AvgIpc) is 2.39. The minimum Gasteiger partial charge on any atom is -0.384 e. The monoisotopic (exact) mass is 279 g/mol. The number of rotatable bonds is 5. The molecule has 0 radical (unpaired) electrons. The maximum absolute atomic E-state index is 11.8. The van der Waals surface area contributed by atoms with Crippen LogP contribution in [-0.4, -0.2) is 17.6 Å². The van der Waals surface area contributed by atoms with Crippen molar-refractivity contribution in [3.05, 3.63) is 28.8 Å². The van der Waals surface area contributed by atoms with Crippen LogP contribution in [0.4, 0.5) is 5.69 Å². The van der Waals surface area contributed by atoms with Gasteiger partial charge < -0.3 is 10.4 Å². The molecular weight excluding hydrogens is 262 g/mol. The molecule has 0 saturated heterocycles. The van der Waals surface area contributed by atoms with Crippen LogP contribution in [-0.2, 0) is 4.79 Å². The van der Waals surface area contributed by atoms with E-state index in [4.69, 9.17) is 16.7 Å². The minimum atomic E-state index is -0.226. The largest absolute Gasteiger partial charge is 0.384 e. The molecule has 1 amide bonds. The van der Waals surface area contributed by atoms with Gasteiger partial charge in [-0.3, -0.25) is 4.79 Å². The number of anilines is 1. The third-order valence-corrected chi connectivity index (χ3v) is 2.80. The van der Waals surface area contributed by atoms with Gasteiger partial charge in [0.05, 0.1) is 5.69 Å². The van der Waals surface area contributed by atoms with Gasteiger partial charge in [0.25, 0.3) is 0 Å². The van der Waals surface area contributed by atoms with Crippen molar-refractivity contribution in [1.29, 1.82) is 0 Å². The Morgan fingerprint density at radius 2 is 2.21 bits per heavy atom. The number of unbranched alkanes of at least 4 members (excludes halogenated alkanes) is 2. The molecule has 1 rings (SSSR count). The molecule has 0 aliphatic carbocycles. The molecule has 0 atom stereocenters. The van der Waals surface area contributed by atoms with Crippen molar-refractivity contribution in [3.8, 4) is 11.8 Å². The van der Waals surface area contributed by atoms with Crippen LogP contribution in [0.5, 0.6) is 0 Å². The molecular formula is C15H18ClNO2. The van der Waals surface area contributed by atoms with Crippen LogP contribution in [0.2, 0.25) is 5.02 Å². The lowest BCUT2D eigenvalue weighted by molar-refractivity contribution is -0.116. The first kappa shape index (κ1) is 15.6. The fourth-order valence-corrected chi connectivity index (χ4v) is 1.78. The quantitative estimate of drug-likeness (QED) is 0.642. The van der Waals surface area contributed by atoms with Crippen LogP contribution < -0.4 is 5.32 Å². The van der Waals surface area contributed by atoms with Crippen molar-refractivity contribution in [1.82, 2.24) is 0 Å². The summed E-state index contributed by atoms with van der Waals surface area (Å²) >= 11 is 5.89. The molecule has 0 aromatic heterocycles. The van der Waals surface area contributed by atoms with Gasteiger partial charge in [0.1, 0.15) is 6.61 Å². The normalized spacial score (nSPS) is 9.63. The Morgan fingerprint density at radius 3 is 2.89 bits per heavy atom. The van der Waals surface area contributed by atoms with Gasteiger partial charge in [-0.1, -0.05) is 43.2 Å². The number of benzene rings is 1. The molecule has 102 valence electrons. The van der Waals surface area contributed by atoms with Crippen LogP contribution in [0.1, 0.15) is 38.2 Å². The Kier molecular flexibility index (Phi) is 7.02. The molecule has 0 saturated carbocycles. The van der Waals surface area contributed by atoms with Crippen LogP contribution in [0, 0.1) is 11.8 Å². The van der Waals surface area contributed by atoms with Crippen molar-refractivity contribution in [3.63, 3.8) is 0 Å².